The number of anilines is 1. The number of amidine groups is 1. The number of nitrogens with zero attached hydrogens (tertiary/aromatic N) is 1. The predicted molar refractivity (Wildman–Crippen MR) is 164 cm³/mol. The molecule has 0 aliphatic carbocycles. The predicted octanol–water partition coefficient (Wildman–Crippen LogP) is 3.69. The van der Waals surface area contributed by atoms with Crippen molar-refractivity contribution in [1.29, 1.82) is 5.41 Å². The third-order valence-corrected chi connectivity index (χ3v) is 7.85. The third-order valence-electron chi connectivity index (χ3n) is 7.85. The highest BCUT2D eigenvalue weighted by Crippen LogP contribution is 2.31. The van der Waals surface area contributed by atoms with E-state index in [1.807, 2.05) is 62.4 Å². The van der Waals surface area contributed by atoms with Gasteiger partial charge in [0.25, 0.3) is 5.91 Å². The molecule has 226 valence electrons. The number of amides is 3. The minimum atomic E-state index is -0.873. The van der Waals surface area contributed by atoms with Crippen LogP contribution in [0.25, 0.3) is 10.9 Å². The summed E-state index contributed by atoms with van der Waals surface area (Å²) in [5.41, 5.74) is 1.75. The molecule has 0 saturated carbocycles. The highest BCUT2D eigenvalue weighted by Gasteiger charge is 2.43. The fourth-order valence-electron chi connectivity index (χ4n) is 5.73. The van der Waals surface area contributed by atoms with Gasteiger partial charge in [-0.15, -0.1) is 0 Å². The lowest BCUT2D eigenvalue weighted by Crippen LogP contribution is -2.55. The molecule has 0 bridgehead atoms. The van der Waals surface area contributed by atoms with E-state index in [1.54, 1.807) is 18.1 Å². The molecule has 2 aliphatic rings. The number of aromatic amines is 1. The van der Waals surface area contributed by atoms with Gasteiger partial charge in [-0.1, -0.05) is 38.1 Å². The Bertz CT molecular complexity index is 1530. The lowest BCUT2D eigenvalue weighted by molar-refractivity contribution is -0.126. The Morgan fingerprint density at radius 3 is 2.60 bits per heavy atom. The number of carbonyl (C=O) groups is 3. The summed E-state index contributed by atoms with van der Waals surface area (Å²) in [6, 6.07) is 14.9. The number of H-pyrrole nitrogens is 1. The molecule has 5 N–H and O–H groups in total. The van der Waals surface area contributed by atoms with E-state index < -0.39 is 30.0 Å². The Labute approximate surface area is 250 Å². The maximum atomic E-state index is 13.9. The summed E-state index contributed by atoms with van der Waals surface area (Å²) in [6.45, 7) is 8.49. The molecule has 0 spiro atoms. The summed E-state index contributed by atoms with van der Waals surface area (Å²) in [4.78, 5) is 44.5. The number of para-hydroxylation sites is 1. The van der Waals surface area contributed by atoms with Crippen molar-refractivity contribution in [3.8, 4) is 5.75 Å². The summed E-state index contributed by atoms with van der Waals surface area (Å²) < 4.78 is 11.5. The molecule has 2 aliphatic heterocycles. The summed E-state index contributed by atoms with van der Waals surface area (Å²) in [5, 5.41) is 18.5. The second-order valence-corrected chi connectivity index (χ2v) is 11.4. The number of rotatable bonds is 11. The fraction of sp³-hybridized carbons (Fsp3) is 0.375. The molecule has 0 radical (unpaired) electrons. The molecule has 1 aromatic heterocycles. The van der Waals surface area contributed by atoms with Crippen molar-refractivity contribution in [2.45, 2.75) is 51.3 Å². The number of carbonyl (C=O) groups excluding carboxylic acids is 3. The number of nitrogens with one attached hydrogen (secondary N) is 5. The van der Waals surface area contributed by atoms with Gasteiger partial charge in [0.15, 0.2) is 17.8 Å². The molecule has 4 unspecified atom stereocenters. The van der Waals surface area contributed by atoms with Gasteiger partial charge in [0.1, 0.15) is 17.5 Å². The molecule has 3 amide bonds. The Kier molecular flexibility index (Phi) is 8.70. The molecule has 2 fully saturated rings. The van der Waals surface area contributed by atoms with Gasteiger partial charge in [-0.05, 0) is 62.1 Å². The summed E-state index contributed by atoms with van der Waals surface area (Å²) in [5.74, 6) is -0.197. The van der Waals surface area contributed by atoms with Gasteiger partial charge in [0, 0.05) is 23.4 Å². The molecular weight excluding hydrogens is 548 g/mol. The van der Waals surface area contributed by atoms with E-state index in [0.717, 1.165) is 10.9 Å². The standard InChI is InChI=1S/C32H38N6O5/c1-18(2)15-25(37-32(41)26-17-22-23(35-26)11-8-12-27(22)42-4)31(40)36-24(16-20-13-14-34-30(20)39)28-29(33)38(19(3)43-28)21-9-6-5-7-10-21/h5-12,17-18,20,24-25,28,33,35H,3,13-16H2,1-2,4H3,(H,34,39)(H,36,40)(H,37,41). The molecule has 11 nitrogen and oxygen atoms in total. The highest BCUT2D eigenvalue weighted by molar-refractivity contribution is 6.04. The van der Waals surface area contributed by atoms with E-state index in [-0.39, 0.29) is 35.9 Å². The van der Waals surface area contributed by atoms with Crippen molar-refractivity contribution >= 4 is 40.1 Å². The summed E-state index contributed by atoms with van der Waals surface area (Å²) >= 11 is 0. The zero-order valence-electron chi connectivity index (χ0n) is 24.6. The lowest BCUT2D eigenvalue weighted by Gasteiger charge is -2.28. The molecule has 2 aromatic carbocycles. The average Bonchev–Trinajstić information content (AvgIpc) is 3.68. The number of hydrogen-bond acceptors (Lipinski definition) is 6. The van der Waals surface area contributed by atoms with E-state index in [4.69, 9.17) is 14.9 Å². The van der Waals surface area contributed by atoms with E-state index in [2.05, 4.69) is 27.5 Å². The first kappa shape index (κ1) is 29.7. The van der Waals surface area contributed by atoms with Gasteiger partial charge < -0.3 is 30.4 Å². The van der Waals surface area contributed by atoms with E-state index in [0.29, 0.717) is 36.5 Å². The molecule has 11 heteroatoms. The topological polar surface area (TPSA) is 149 Å². The number of aromatic nitrogens is 1. The number of methoxy groups -OCH3 is 1. The lowest BCUT2D eigenvalue weighted by atomic mass is 9.93. The third kappa shape index (κ3) is 6.35. The Morgan fingerprint density at radius 1 is 1.16 bits per heavy atom. The summed E-state index contributed by atoms with van der Waals surface area (Å²) in [6.07, 6.45) is 0.389. The zero-order chi connectivity index (χ0) is 30.7. The first-order valence-corrected chi connectivity index (χ1v) is 14.5. The SMILES string of the molecule is C=C1OC(C(CC2CCNC2=O)NC(=O)C(CC(C)C)NC(=O)c2cc3c(OC)cccc3[nH]2)C(=N)N1c1ccccc1. The van der Waals surface area contributed by atoms with Crippen LogP contribution < -0.4 is 25.6 Å². The molecule has 3 heterocycles. The van der Waals surface area contributed by atoms with Gasteiger partial charge >= 0.3 is 0 Å². The Balaban J connectivity index is 1.37. The Morgan fingerprint density at radius 2 is 1.93 bits per heavy atom. The van der Waals surface area contributed by atoms with E-state index in [1.165, 1.54) is 0 Å². The van der Waals surface area contributed by atoms with E-state index >= 15 is 0 Å². The van der Waals surface area contributed by atoms with Crippen molar-refractivity contribution in [1.82, 2.24) is 20.9 Å². The monoisotopic (exact) mass is 586 g/mol. The van der Waals surface area contributed by atoms with Gasteiger partial charge in [-0.25, -0.2) is 0 Å². The van der Waals surface area contributed by atoms with Crippen molar-refractivity contribution < 1.29 is 23.9 Å². The van der Waals surface area contributed by atoms with Crippen LogP contribution in [0.2, 0.25) is 0 Å². The van der Waals surface area contributed by atoms with Crippen LogP contribution in [0.1, 0.15) is 43.6 Å². The van der Waals surface area contributed by atoms with Crippen LogP contribution in [-0.4, -0.2) is 60.4 Å². The number of ether oxygens (including phenoxy) is 2. The van der Waals surface area contributed by atoms with Crippen molar-refractivity contribution in [3.63, 3.8) is 0 Å². The smallest absolute Gasteiger partial charge is 0.268 e. The number of hydrogen-bond donors (Lipinski definition) is 5. The van der Waals surface area contributed by atoms with Crippen molar-refractivity contribution in [2.75, 3.05) is 18.6 Å². The second kappa shape index (κ2) is 12.6. The highest BCUT2D eigenvalue weighted by atomic mass is 16.5. The maximum Gasteiger partial charge on any atom is 0.268 e. The maximum absolute atomic E-state index is 13.9. The minimum Gasteiger partial charge on any atom is -0.496 e. The van der Waals surface area contributed by atoms with Gasteiger partial charge in [0.05, 0.1) is 18.8 Å². The molecule has 5 rings (SSSR count). The number of fused-ring (bicyclic) bond motifs is 1. The fourth-order valence-corrected chi connectivity index (χ4v) is 5.73. The van der Waals surface area contributed by atoms with Crippen LogP contribution in [0.4, 0.5) is 5.69 Å². The molecule has 4 atom stereocenters. The van der Waals surface area contributed by atoms with Gasteiger partial charge in [-0.3, -0.25) is 24.7 Å². The zero-order valence-corrected chi connectivity index (χ0v) is 24.6. The quantitative estimate of drug-likeness (QED) is 0.231. The normalized spacial score (nSPS) is 19.7. The largest absolute Gasteiger partial charge is 0.496 e. The van der Waals surface area contributed by atoms with Crippen LogP contribution in [0, 0.1) is 17.2 Å². The molecule has 43 heavy (non-hydrogen) atoms. The number of benzene rings is 2. The van der Waals surface area contributed by atoms with Crippen LogP contribution >= 0.6 is 0 Å². The van der Waals surface area contributed by atoms with Crippen LogP contribution in [0.15, 0.2) is 67.1 Å². The van der Waals surface area contributed by atoms with Gasteiger partial charge in [-0.2, -0.15) is 0 Å². The second-order valence-electron chi connectivity index (χ2n) is 11.4. The first-order chi connectivity index (χ1) is 20.7. The minimum absolute atomic E-state index is 0.0901. The Hall–Kier alpha value is -4.80. The van der Waals surface area contributed by atoms with E-state index in [9.17, 15) is 14.4 Å². The first-order valence-electron chi connectivity index (χ1n) is 14.5. The van der Waals surface area contributed by atoms with Crippen LogP contribution in [-0.2, 0) is 14.3 Å². The molecule has 2 saturated heterocycles. The summed E-state index contributed by atoms with van der Waals surface area (Å²) in [7, 11) is 1.57. The molecule has 3 aromatic rings. The van der Waals surface area contributed by atoms with Crippen LogP contribution in [0.5, 0.6) is 5.75 Å². The van der Waals surface area contributed by atoms with Crippen LogP contribution in [0.3, 0.4) is 0 Å². The molecular formula is C32H38N6O5. The van der Waals surface area contributed by atoms with Crippen molar-refractivity contribution in [2.24, 2.45) is 11.8 Å². The van der Waals surface area contributed by atoms with Crippen molar-refractivity contribution in [3.05, 3.63) is 72.8 Å². The van der Waals surface area contributed by atoms with Gasteiger partial charge in [0.2, 0.25) is 11.8 Å². The average molecular weight is 587 g/mol.